The van der Waals surface area contributed by atoms with Crippen LogP contribution < -0.4 is 4.74 Å². The highest BCUT2D eigenvalue weighted by Gasteiger charge is 2.57. The molecule has 0 bridgehead atoms. The van der Waals surface area contributed by atoms with Crippen LogP contribution in [0.1, 0.15) is 37.8 Å². The van der Waals surface area contributed by atoms with Gasteiger partial charge < -0.3 is 28.4 Å². The molecular formula is C26H33N3O6. The van der Waals surface area contributed by atoms with E-state index in [4.69, 9.17) is 34.0 Å². The molecule has 0 aliphatic carbocycles. The highest BCUT2D eigenvalue weighted by atomic mass is 16.8. The first-order chi connectivity index (χ1) is 17.0. The molecule has 2 aliphatic heterocycles. The number of fused-ring (bicyclic) bond motifs is 1. The highest BCUT2D eigenvalue weighted by Crippen LogP contribution is 2.41. The van der Waals surface area contributed by atoms with E-state index in [1.54, 1.807) is 7.11 Å². The van der Waals surface area contributed by atoms with Gasteiger partial charge in [0.1, 0.15) is 24.1 Å². The molecule has 2 saturated heterocycles. The van der Waals surface area contributed by atoms with Crippen LogP contribution in [0.3, 0.4) is 0 Å². The molecule has 2 aromatic carbocycles. The molecule has 2 heterocycles. The lowest BCUT2D eigenvalue weighted by Gasteiger charge is -2.31. The first-order valence-electron chi connectivity index (χ1n) is 11.9. The van der Waals surface area contributed by atoms with E-state index in [9.17, 15) is 0 Å². The van der Waals surface area contributed by atoms with Crippen LogP contribution in [0.25, 0.3) is 10.4 Å². The van der Waals surface area contributed by atoms with Crippen LogP contribution in [0.5, 0.6) is 5.75 Å². The lowest BCUT2D eigenvalue weighted by Crippen LogP contribution is -2.43. The fourth-order valence-electron chi connectivity index (χ4n) is 4.44. The summed E-state index contributed by atoms with van der Waals surface area (Å²) in [5.74, 6) is 0.0313. The molecule has 0 spiro atoms. The first-order valence-corrected chi connectivity index (χ1v) is 11.9. The maximum atomic E-state index is 8.65. The van der Waals surface area contributed by atoms with Gasteiger partial charge in [-0.3, -0.25) is 0 Å². The van der Waals surface area contributed by atoms with E-state index in [2.05, 4.69) is 10.0 Å². The van der Waals surface area contributed by atoms with Crippen LogP contribution in [-0.4, -0.2) is 50.1 Å². The van der Waals surface area contributed by atoms with Gasteiger partial charge in [0.05, 0.1) is 26.4 Å². The van der Waals surface area contributed by atoms with Crippen molar-refractivity contribution in [3.8, 4) is 5.75 Å². The van der Waals surface area contributed by atoms with Crippen molar-refractivity contribution in [1.82, 2.24) is 0 Å². The maximum Gasteiger partial charge on any atom is 0.190 e. The van der Waals surface area contributed by atoms with Crippen LogP contribution in [0.2, 0.25) is 0 Å². The van der Waals surface area contributed by atoms with Gasteiger partial charge in [-0.1, -0.05) is 47.6 Å². The lowest BCUT2D eigenvalue weighted by atomic mass is 10.0. The number of methoxy groups -OCH3 is 1. The van der Waals surface area contributed by atoms with Crippen molar-refractivity contribution in [2.45, 2.75) is 76.4 Å². The summed E-state index contributed by atoms with van der Waals surface area (Å²) in [6, 6.07) is 17.7. The number of hydrogen-bond acceptors (Lipinski definition) is 7. The van der Waals surface area contributed by atoms with Crippen molar-refractivity contribution in [2.24, 2.45) is 5.11 Å². The Labute approximate surface area is 205 Å². The van der Waals surface area contributed by atoms with Gasteiger partial charge in [-0.15, -0.1) is 0 Å². The normalized spacial score (nSPS) is 25.6. The molecule has 0 N–H and O–H groups in total. The molecule has 5 atom stereocenters. The Hall–Kier alpha value is -2.65. The van der Waals surface area contributed by atoms with E-state index in [1.807, 2.05) is 68.4 Å². The minimum atomic E-state index is -0.760. The SMILES string of the molecule is COc1ccc(COC2C3OC(C)(C)O[C@H]3O[C@@H]2[C@@H](CCCN=[N+]=[N-])OCc2ccccc2)cc1. The van der Waals surface area contributed by atoms with Gasteiger partial charge in [0.2, 0.25) is 0 Å². The number of azide groups is 1. The molecule has 2 fully saturated rings. The number of nitrogens with zero attached hydrogens (tertiary/aromatic N) is 3. The average molecular weight is 484 g/mol. The standard InChI is InChI=1S/C26H33N3O6/c1-26(2)34-24-23(32-17-19-11-13-20(30-3)14-12-19)22(33-25(24)35-26)21(10-7-15-28-29-27)31-16-18-8-5-4-6-9-18/h4-6,8-9,11-14,21-25H,7,10,15-17H2,1-3H3/t21-,22-,23?,24?,25-/m1/s1. The summed E-state index contributed by atoms with van der Waals surface area (Å²) in [5.41, 5.74) is 10.7. The summed E-state index contributed by atoms with van der Waals surface area (Å²) in [4.78, 5) is 2.86. The largest absolute Gasteiger partial charge is 0.497 e. The fraction of sp³-hybridized carbons (Fsp3) is 0.538. The van der Waals surface area contributed by atoms with Gasteiger partial charge in [-0.2, -0.15) is 0 Å². The summed E-state index contributed by atoms with van der Waals surface area (Å²) >= 11 is 0. The van der Waals surface area contributed by atoms with E-state index in [0.717, 1.165) is 16.9 Å². The molecule has 2 aliphatic rings. The van der Waals surface area contributed by atoms with E-state index in [1.165, 1.54) is 0 Å². The van der Waals surface area contributed by atoms with E-state index in [0.29, 0.717) is 32.6 Å². The van der Waals surface area contributed by atoms with Crippen LogP contribution in [-0.2, 0) is 36.9 Å². The molecular weight excluding hydrogens is 450 g/mol. The third kappa shape index (κ3) is 6.73. The monoisotopic (exact) mass is 483 g/mol. The van der Waals surface area contributed by atoms with Crippen LogP contribution >= 0.6 is 0 Å². The molecule has 35 heavy (non-hydrogen) atoms. The third-order valence-corrected chi connectivity index (χ3v) is 6.11. The van der Waals surface area contributed by atoms with Crippen molar-refractivity contribution in [1.29, 1.82) is 0 Å². The predicted molar refractivity (Wildman–Crippen MR) is 129 cm³/mol. The topological polar surface area (TPSA) is 104 Å². The molecule has 0 saturated carbocycles. The minimum absolute atomic E-state index is 0.300. The van der Waals surface area contributed by atoms with E-state index >= 15 is 0 Å². The van der Waals surface area contributed by atoms with Crippen LogP contribution in [0.4, 0.5) is 0 Å². The zero-order valence-electron chi connectivity index (χ0n) is 20.4. The molecule has 9 heteroatoms. The molecule has 188 valence electrons. The Kier molecular flexibility index (Phi) is 8.62. The Morgan fingerprint density at radius 2 is 1.77 bits per heavy atom. The van der Waals surface area contributed by atoms with Crippen LogP contribution in [0, 0.1) is 0 Å². The van der Waals surface area contributed by atoms with Gasteiger partial charge in [-0.05, 0) is 55.5 Å². The summed E-state index contributed by atoms with van der Waals surface area (Å²) in [6.45, 7) is 4.94. The lowest BCUT2D eigenvalue weighted by molar-refractivity contribution is -0.235. The number of ether oxygens (including phenoxy) is 6. The summed E-state index contributed by atoms with van der Waals surface area (Å²) in [6.07, 6.45) is -0.730. The Morgan fingerprint density at radius 3 is 2.49 bits per heavy atom. The zero-order chi connectivity index (χ0) is 24.7. The molecule has 9 nitrogen and oxygen atoms in total. The Balaban J connectivity index is 1.50. The molecule has 2 aromatic rings. The molecule has 4 rings (SSSR count). The number of benzene rings is 2. The summed E-state index contributed by atoms with van der Waals surface area (Å²) in [5, 5.41) is 3.67. The predicted octanol–water partition coefficient (Wildman–Crippen LogP) is 5.13. The highest BCUT2D eigenvalue weighted by molar-refractivity contribution is 5.26. The van der Waals surface area contributed by atoms with Crippen molar-refractivity contribution >= 4 is 0 Å². The fourth-order valence-corrected chi connectivity index (χ4v) is 4.44. The molecule has 2 unspecified atom stereocenters. The average Bonchev–Trinajstić information content (AvgIpc) is 3.34. The second-order valence-electron chi connectivity index (χ2n) is 9.12. The van der Waals surface area contributed by atoms with E-state index < -0.39 is 24.3 Å². The van der Waals surface area contributed by atoms with Gasteiger partial charge in [-0.25, -0.2) is 0 Å². The second-order valence-corrected chi connectivity index (χ2v) is 9.12. The molecule has 0 aromatic heterocycles. The zero-order valence-corrected chi connectivity index (χ0v) is 20.4. The quantitative estimate of drug-likeness (QED) is 0.179. The smallest absolute Gasteiger partial charge is 0.190 e. The molecule has 0 amide bonds. The van der Waals surface area contributed by atoms with Crippen molar-refractivity contribution in [3.63, 3.8) is 0 Å². The van der Waals surface area contributed by atoms with Crippen molar-refractivity contribution < 1.29 is 28.4 Å². The van der Waals surface area contributed by atoms with Gasteiger partial charge >= 0.3 is 0 Å². The van der Waals surface area contributed by atoms with E-state index in [-0.39, 0.29) is 12.2 Å². The molecule has 0 radical (unpaired) electrons. The van der Waals surface area contributed by atoms with Gasteiger partial charge in [0, 0.05) is 11.5 Å². The summed E-state index contributed by atoms with van der Waals surface area (Å²) < 4.78 is 36.6. The van der Waals surface area contributed by atoms with Gasteiger partial charge in [0.25, 0.3) is 0 Å². The number of rotatable bonds is 12. The number of hydrogen-bond donors (Lipinski definition) is 0. The van der Waals surface area contributed by atoms with Gasteiger partial charge in [0.15, 0.2) is 12.1 Å². The first kappa shape index (κ1) is 25.4. The Morgan fingerprint density at radius 1 is 1.03 bits per heavy atom. The van der Waals surface area contributed by atoms with Crippen molar-refractivity contribution in [2.75, 3.05) is 13.7 Å². The Bertz CT molecular complexity index is 980. The third-order valence-electron chi connectivity index (χ3n) is 6.11. The van der Waals surface area contributed by atoms with Crippen molar-refractivity contribution in [3.05, 3.63) is 76.2 Å². The van der Waals surface area contributed by atoms with Crippen LogP contribution in [0.15, 0.2) is 59.7 Å². The summed E-state index contributed by atoms with van der Waals surface area (Å²) in [7, 11) is 1.64. The maximum absolute atomic E-state index is 8.65. The second kappa shape index (κ2) is 11.9. The minimum Gasteiger partial charge on any atom is -0.497 e.